The zero-order valence-corrected chi connectivity index (χ0v) is 7.17. The summed E-state index contributed by atoms with van der Waals surface area (Å²) in [6.07, 6.45) is 5.99. The van der Waals surface area contributed by atoms with Gasteiger partial charge in [-0.3, -0.25) is 0 Å². The molecule has 54 valence electrons. The van der Waals surface area contributed by atoms with Crippen LogP contribution in [0.2, 0.25) is 0 Å². The first-order chi connectivity index (χ1) is 4.93. The highest BCUT2D eigenvalue weighted by Gasteiger charge is 1.96. The van der Waals surface area contributed by atoms with Gasteiger partial charge in [0.05, 0.1) is 5.03 Å². The SMILES string of the molecule is C=CCSC1=CC=CSN1. The predicted octanol–water partition coefficient (Wildman–Crippen LogP) is 2.51. The van der Waals surface area contributed by atoms with Crippen LogP contribution in [-0.2, 0) is 0 Å². The monoisotopic (exact) mass is 171 g/mol. The lowest BCUT2D eigenvalue weighted by molar-refractivity contribution is 1.37. The molecule has 1 nitrogen and oxygen atoms in total. The minimum atomic E-state index is 0.966. The lowest BCUT2D eigenvalue weighted by Crippen LogP contribution is -2.00. The molecular weight excluding hydrogens is 162 g/mol. The molecule has 3 heteroatoms. The molecule has 1 aliphatic heterocycles. The average molecular weight is 171 g/mol. The van der Waals surface area contributed by atoms with Gasteiger partial charge >= 0.3 is 0 Å². The van der Waals surface area contributed by atoms with E-state index in [1.807, 2.05) is 17.6 Å². The molecule has 0 aromatic carbocycles. The third-order valence-electron chi connectivity index (χ3n) is 0.910. The fraction of sp³-hybridized carbons (Fsp3) is 0.143. The Bertz CT molecular complexity index is 172. The van der Waals surface area contributed by atoms with Crippen molar-refractivity contribution < 1.29 is 0 Å². The summed E-state index contributed by atoms with van der Waals surface area (Å²) < 4.78 is 3.16. The Hall–Kier alpha value is -0.280. The topological polar surface area (TPSA) is 12.0 Å². The first-order valence-corrected chi connectivity index (χ1v) is 4.82. The lowest BCUT2D eigenvalue weighted by atomic mass is 10.6. The molecule has 1 heterocycles. The zero-order chi connectivity index (χ0) is 7.23. The van der Waals surface area contributed by atoms with Crippen molar-refractivity contribution in [1.82, 2.24) is 4.72 Å². The van der Waals surface area contributed by atoms with Gasteiger partial charge in [-0.15, -0.1) is 18.3 Å². The second-order valence-electron chi connectivity index (χ2n) is 1.68. The summed E-state index contributed by atoms with van der Waals surface area (Å²) in [5.74, 6) is 0.966. The van der Waals surface area contributed by atoms with Gasteiger partial charge in [-0.25, -0.2) is 0 Å². The van der Waals surface area contributed by atoms with Gasteiger partial charge < -0.3 is 4.72 Å². The standard InChI is InChI=1S/C7H9NS2/c1-2-5-9-7-4-3-6-10-8-7/h2-4,6,8H,1,5H2. The average Bonchev–Trinajstić information content (AvgIpc) is 2.03. The molecule has 0 amide bonds. The third-order valence-corrected chi connectivity index (χ3v) is 2.62. The van der Waals surface area contributed by atoms with E-state index >= 15 is 0 Å². The molecule has 0 atom stereocenters. The highest BCUT2D eigenvalue weighted by Crippen LogP contribution is 2.19. The molecule has 0 spiro atoms. The van der Waals surface area contributed by atoms with Crippen LogP contribution in [0.1, 0.15) is 0 Å². The van der Waals surface area contributed by atoms with Crippen molar-refractivity contribution in [3.8, 4) is 0 Å². The third kappa shape index (κ3) is 2.54. The fourth-order valence-electron chi connectivity index (χ4n) is 0.518. The van der Waals surface area contributed by atoms with E-state index in [1.165, 1.54) is 5.03 Å². The van der Waals surface area contributed by atoms with Gasteiger partial charge in [-0.2, -0.15) is 0 Å². The van der Waals surface area contributed by atoms with Crippen molar-refractivity contribution in [2.24, 2.45) is 0 Å². The molecule has 0 unspecified atom stereocenters. The smallest absolute Gasteiger partial charge is 0.0786 e. The maximum absolute atomic E-state index is 3.64. The summed E-state index contributed by atoms with van der Waals surface area (Å²) in [6, 6.07) is 0. The normalized spacial score (nSPS) is 15.8. The molecule has 1 N–H and O–H groups in total. The van der Waals surface area contributed by atoms with Crippen LogP contribution in [0.5, 0.6) is 0 Å². The van der Waals surface area contributed by atoms with Gasteiger partial charge in [0.2, 0.25) is 0 Å². The Morgan fingerprint density at radius 2 is 2.70 bits per heavy atom. The molecule has 0 saturated carbocycles. The predicted molar refractivity (Wildman–Crippen MR) is 50.6 cm³/mol. The number of allylic oxidation sites excluding steroid dienone is 2. The van der Waals surface area contributed by atoms with E-state index in [9.17, 15) is 0 Å². The summed E-state index contributed by atoms with van der Waals surface area (Å²) in [4.78, 5) is 0. The van der Waals surface area contributed by atoms with E-state index in [0.717, 1.165) is 5.75 Å². The first-order valence-electron chi connectivity index (χ1n) is 2.95. The van der Waals surface area contributed by atoms with E-state index in [1.54, 1.807) is 23.7 Å². The molecule has 0 bridgehead atoms. The van der Waals surface area contributed by atoms with Crippen LogP contribution in [0.3, 0.4) is 0 Å². The fourth-order valence-corrected chi connectivity index (χ4v) is 1.78. The number of hydrogen-bond acceptors (Lipinski definition) is 3. The second kappa shape index (κ2) is 4.52. The maximum atomic E-state index is 3.64. The highest BCUT2D eigenvalue weighted by atomic mass is 32.2. The molecule has 0 aromatic rings. The Morgan fingerprint density at radius 3 is 3.30 bits per heavy atom. The summed E-state index contributed by atoms with van der Waals surface area (Å²) >= 11 is 3.36. The molecule has 0 aliphatic carbocycles. The minimum Gasteiger partial charge on any atom is -0.321 e. The van der Waals surface area contributed by atoms with Crippen molar-refractivity contribution in [1.29, 1.82) is 0 Å². The van der Waals surface area contributed by atoms with Gasteiger partial charge in [0.15, 0.2) is 0 Å². The Balaban J connectivity index is 2.32. The van der Waals surface area contributed by atoms with Crippen molar-refractivity contribution in [3.63, 3.8) is 0 Å². The molecule has 0 radical (unpaired) electrons. The molecule has 0 aromatic heterocycles. The van der Waals surface area contributed by atoms with Gasteiger partial charge in [-0.1, -0.05) is 12.2 Å². The summed E-state index contributed by atoms with van der Waals surface area (Å²) in [5, 5.41) is 3.21. The van der Waals surface area contributed by atoms with E-state index in [-0.39, 0.29) is 0 Å². The van der Waals surface area contributed by atoms with Crippen LogP contribution in [0, 0.1) is 0 Å². The van der Waals surface area contributed by atoms with Crippen LogP contribution < -0.4 is 4.72 Å². The number of nitrogens with one attached hydrogen (secondary N) is 1. The van der Waals surface area contributed by atoms with Gasteiger partial charge in [-0.05, 0) is 23.4 Å². The molecule has 1 rings (SSSR count). The van der Waals surface area contributed by atoms with E-state index in [0.29, 0.717) is 0 Å². The molecule has 0 fully saturated rings. The van der Waals surface area contributed by atoms with E-state index in [4.69, 9.17) is 0 Å². The van der Waals surface area contributed by atoms with Gasteiger partial charge in [0, 0.05) is 5.75 Å². The van der Waals surface area contributed by atoms with Crippen molar-refractivity contribution >= 4 is 23.7 Å². The van der Waals surface area contributed by atoms with E-state index < -0.39 is 0 Å². The first kappa shape index (κ1) is 7.82. The molecule has 1 aliphatic rings. The van der Waals surface area contributed by atoms with Crippen LogP contribution in [-0.4, -0.2) is 5.75 Å². The largest absolute Gasteiger partial charge is 0.321 e. The maximum Gasteiger partial charge on any atom is 0.0786 e. The highest BCUT2D eigenvalue weighted by molar-refractivity contribution is 8.05. The van der Waals surface area contributed by atoms with Gasteiger partial charge in [0.25, 0.3) is 0 Å². The molecule has 0 saturated heterocycles. The summed E-state index contributed by atoms with van der Waals surface area (Å²) in [7, 11) is 0. The lowest BCUT2D eigenvalue weighted by Gasteiger charge is -2.07. The summed E-state index contributed by atoms with van der Waals surface area (Å²) in [5.41, 5.74) is 0. The van der Waals surface area contributed by atoms with Crippen molar-refractivity contribution in [2.75, 3.05) is 5.75 Å². The van der Waals surface area contributed by atoms with Crippen LogP contribution in [0.25, 0.3) is 0 Å². The zero-order valence-electron chi connectivity index (χ0n) is 5.54. The van der Waals surface area contributed by atoms with Crippen LogP contribution in [0.4, 0.5) is 0 Å². The van der Waals surface area contributed by atoms with Crippen LogP contribution >= 0.6 is 23.7 Å². The minimum absolute atomic E-state index is 0.966. The summed E-state index contributed by atoms with van der Waals surface area (Å²) in [6.45, 7) is 3.64. The Labute approximate surface area is 69.8 Å². The molecular formula is C7H9NS2. The number of thioether (sulfide) groups is 1. The quantitative estimate of drug-likeness (QED) is 0.517. The van der Waals surface area contributed by atoms with Crippen molar-refractivity contribution in [3.05, 3.63) is 35.2 Å². The van der Waals surface area contributed by atoms with Crippen molar-refractivity contribution in [2.45, 2.75) is 0 Å². The number of hydrogen-bond donors (Lipinski definition) is 1. The van der Waals surface area contributed by atoms with Crippen LogP contribution in [0.15, 0.2) is 35.2 Å². The van der Waals surface area contributed by atoms with E-state index in [2.05, 4.69) is 17.4 Å². The Kier molecular flexibility index (Phi) is 3.54. The number of rotatable bonds is 3. The second-order valence-corrected chi connectivity index (χ2v) is 3.45. The molecule has 10 heavy (non-hydrogen) atoms. The Morgan fingerprint density at radius 1 is 1.80 bits per heavy atom. The van der Waals surface area contributed by atoms with Gasteiger partial charge in [0.1, 0.15) is 0 Å².